The zero-order valence-electron chi connectivity index (χ0n) is 15.5. The Morgan fingerprint density at radius 2 is 1.96 bits per heavy atom. The number of aromatic amines is 1. The lowest BCUT2D eigenvalue weighted by molar-refractivity contribution is -0.142. The first-order valence-electron chi connectivity index (χ1n) is 8.66. The number of methoxy groups -OCH3 is 2. The van der Waals surface area contributed by atoms with Gasteiger partial charge in [-0.3, -0.25) is 4.79 Å². The molecule has 138 valence electrons. The maximum Gasteiger partial charge on any atom is 0.314 e. The van der Waals surface area contributed by atoms with Crippen LogP contribution in [-0.4, -0.2) is 30.2 Å². The summed E-state index contributed by atoms with van der Waals surface area (Å²) in [6, 6.07) is 15.6. The molecular weight excluding hydrogens is 342 g/mol. The SMILES string of the molecule is COC(=O)C(CC#N)c1ccc(OC)c2[nH]c(C(C)c3ccccc3)nc12. The summed E-state index contributed by atoms with van der Waals surface area (Å²) in [5.74, 6) is 0.278. The molecule has 0 aliphatic carbocycles. The average Bonchev–Trinajstić information content (AvgIpc) is 3.16. The van der Waals surface area contributed by atoms with Crippen molar-refractivity contribution in [2.24, 2.45) is 0 Å². The molecule has 2 atom stereocenters. The fourth-order valence-electron chi connectivity index (χ4n) is 3.22. The minimum atomic E-state index is -0.698. The zero-order valence-corrected chi connectivity index (χ0v) is 15.5. The maximum absolute atomic E-state index is 12.2. The predicted molar refractivity (Wildman–Crippen MR) is 102 cm³/mol. The molecule has 3 rings (SSSR count). The smallest absolute Gasteiger partial charge is 0.314 e. The van der Waals surface area contributed by atoms with Gasteiger partial charge >= 0.3 is 5.97 Å². The molecule has 1 aromatic heterocycles. The number of carbonyl (C=O) groups is 1. The Balaban J connectivity index is 2.16. The maximum atomic E-state index is 12.2. The first-order chi connectivity index (χ1) is 13.1. The standard InChI is InChI=1S/C21H21N3O3/c1-13(14-7-5-4-6-8-14)20-23-18-15(16(11-12-22)21(25)27-3)9-10-17(26-2)19(18)24-20/h4-10,13,16H,11H2,1-3H3,(H,23,24). The lowest BCUT2D eigenvalue weighted by Gasteiger charge is -2.13. The van der Waals surface area contributed by atoms with Gasteiger partial charge in [0.25, 0.3) is 0 Å². The van der Waals surface area contributed by atoms with Crippen LogP contribution >= 0.6 is 0 Å². The van der Waals surface area contributed by atoms with Gasteiger partial charge in [-0.15, -0.1) is 0 Å². The molecule has 0 spiro atoms. The average molecular weight is 363 g/mol. The number of ether oxygens (including phenoxy) is 2. The van der Waals surface area contributed by atoms with Crippen LogP contribution in [-0.2, 0) is 9.53 Å². The number of aromatic nitrogens is 2. The molecular formula is C21H21N3O3. The van der Waals surface area contributed by atoms with Gasteiger partial charge < -0.3 is 14.5 Å². The fraction of sp³-hybridized carbons (Fsp3) is 0.286. The second kappa shape index (κ2) is 7.92. The number of benzene rings is 2. The van der Waals surface area contributed by atoms with Gasteiger partial charge in [0, 0.05) is 5.92 Å². The summed E-state index contributed by atoms with van der Waals surface area (Å²) in [6.45, 7) is 2.06. The summed E-state index contributed by atoms with van der Waals surface area (Å²) in [5, 5.41) is 9.15. The van der Waals surface area contributed by atoms with E-state index < -0.39 is 11.9 Å². The van der Waals surface area contributed by atoms with Crippen molar-refractivity contribution in [1.82, 2.24) is 9.97 Å². The molecule has 0 fully saturated rings. The molecule has 0 radical (unpaired) electrons. The first-order valence-corrected chi connectivity index (χ1v) is 8.66. The molecule has 0 saturated carbocycles. The Labute approximate surface area is 157 Å². The summed E-state index contributed by atoms with van der Waals surface area (Å²) in [7, 11) is 2.91. The number of nitrogens with zero attached hydrogens (tertiary/aromatic N) is 2. The number of rotatable bonds is 6. The summed E-state index contributed by atoms with van der Waals surface area (Å²) < 4.78 is 10.3. The van der Waals surface area contributed by atoms with Crippen LogP contribution in [0.3, 0.4) is 0 Å². The van der Waals surface area contributed by atoms with Crippen LogP contribution in [0, 0.1) is 11.3 Å². The Hall–Kier alpha value is -3.33. The molecule has 27 heavy (non-hydrogen) atoms. The van der Waals surface area contributed by atoms with E-state index in [1.165, 1.54) is 7.11 Å². The third-order valence-corrected chi connectivity index (χ3v) is 4.74. The van der Waals surface area contributed by atoms with Crippen molar-refractivity contribution < 1.29 is 14.3 Å². The van der Waals surface area contributed by atoms with Gasteiger partial charge in [-0.25, -0.2) is 4.98 Å². The lowest BCUT2D eigenvalue weighted by atomic mass is 9.95. The van der Waals surface area contributed by atoms with Crippen LogP contribution in [0.2, 0.25) is 0 Å². The number of fused-ring (bicyclic) bond motifs is 1. The number of hydrogen-bond acceptors (Lipinski definition) is 5. The van der Waals surface area contributed by atoms with E-state index >= 15 is 0 Å². The topological polar surface area (TPSA) is 88.0 Å². The number of esters is 1. The molecule has 0 aliphatic rings. The van der Waals surface area contributed by atoms with Crippen molar-refractivity contribution in [3.8, 4) is 11.8 Å². The van der Waals surface area contributed by atoms with Gasteiger partial charge in [0.05, 0.1) is 38.1 Å². The number of imidazole rings is 1. The van der Waals surface area contributed by atoms with Crippen LogP contribution in [0.1, 0.15) is 42.1 Å². The van der Waals surface area contributed by atoms with Crippen LogP contribution in [0.15, 0.2) is 42.5 Å². The monoisotopic (exact) mass is 363 g/mol. The number of nitrogens with one attached hydrogen (secondary N) is 1. The predicted octanol–water partition coefficient (Wildman–Crippen LogP) is 3.89. The largest absolute Gasteiger partial charge is 0.494 e. The Bertz CT molecular complexity index is 989. The minimum absolute atomic E-state index is 0.0184. The van der Waals surface area contributed by atoms with Crippen molar-refractivity contribution in [3.63, 3.8) is 0 Å². The van der Waals surface area contributed by atoms with Gasteiger partial charge in [-0.05, 0) is 17.2 Å². The summed E-state index contributed by atoms with van der Waals surface area (Å²) in [6.07, 6.45) is 0.0184. The van der Waals surface area contributed by atoms with Gasteiger partial charge in [-0.2, -0.15) is 5.26 Å². The van der Waals surface area contributed by atoms with Gasteiger partial charge in [-0.1, -0.05) is 43.3 Å². The van der Waals surface area contributed by atoms with Crippen molar-refractivity contribution in [2.75, 3.05) is 14.2 Å². The van der Waals surface area contributed by atoms with Crippen LogP contribution in [0.25, 0.3) is 11.0 Å². The molecule has 0 saturated heterocycles. The minimum Gasteiger partial charge on any atom is -0.494 e. The molecule has 1 heterocycles. The van der Waals surface area contributed by atoms with E-state index in [1.807, 2.05) is 30.3 Å². The van der Waals surface area contributed by atoms with E-state index in [2.05, 4.69) is 18.0 Å². The Morgan fingerprint density at radius 1 is 1.22 bits per heavy atom. The van der Waals surface area contributed by atoms with Crippen molar-refractivity contribution in [3.05, 3.63) is 59.4 Å². The molecule has 0 aliphatic heterocycles. The molecule has 6 nitrogen and oxygen atoms in total. The van der Waals surface area contributed by atoms with E-state index in [4.69, 9.17) is 19.7 Å². The third kappa shape index (κ3) is 3.49. The van der Waals surface area contributed by atoms with Crippen LogP contribution < -0.4 is 4.74 Å². The first kappa shape index (κ1) is 18.5. The van der Waals surface area contributed by atoms with Gasteiger partial charge in [0.15, 0.2) is 0 Å². The van der Waals surface area contributed by atoms with E-state index in [-0.39, 0.29) is 12.3 Å². The van der Waals surface area contributed by atoms with Crippen molar-refractivity contribution in [1.29, 1.82) is 5.26 Å². The van der Waals surface area contributed by atoms with Gasteiger partial charge in [0.2, 0.25) is 0 Å². The van der Waals surface area contributed by atoms with E-state index in [9.17, 15) is 4.79 Å². The zero-order chi connectivity index (χ0) is 19.4. The molecule has 6 heteroatoms. The second-order valence-corrected chi connectivity index (χ2v) is 6.27. The van der Waals surface area contributed by atoms with Crippen molar-refractivity contribution in [2.45, 2.75) is 25.2 Å². The number of H-pyrrole nitrogens is 1. The second-order valence-electron chi connectivity index (χ2n) is 6.27. The van der Waals surface area contributed by atoms with E-state index in [0.29, 0.717) is 22.3 Å². The Kier molecular flexibility index (Phi) is 5.41. The molecule has 2 aromatic carbocycles. The summed E-state index contributed by atoms with van der Waals surface area (Å²) in [4.78, 5) is 20.3. The molecule has 0 amide bonds. The highest BCUT2D eigenvalue weighted by Gasteiger charge is 2.26. The fourth-order valence-corrected chi connectivity index (χ4v) is 3.22. The highest BCUT2D eigenvalue weighted by atomic mass is 16.5. The highest BCUT2D eigenvalue weighted by molar-refractivity contribution is 5.90. The molecule has 2 unspecified atom stereocenters. The molecule has 3 aromatic rings. The van der Waals surface area contributed by atoms with Gasteiger partial charge in [0.1, 0.15) is 17.1 Å². The highest BCUT2D eigenvalue weighted by Crippen LogP contribution is 2.35. The van der Waals surface area contributed by atoms with E-state index in [0.717, 1.165) is 11.4 Å². The number of hydrogen-bond donors (Lipinski definition) is 1. The summed E-state index contributed by atoms with van der Waals surface area (Å²) >= 11 is 0. The van der Waals surface area contributed by atoms with Crippen molar-refractivity contribution >= 4 is 17.0 Å². The normalized spacial score (nSPS) is 13.0. The van der Waals surface area contributed by atoms with Crippen LogP contribution in [0.4, 0.5) is 0 Å². The van der Waals surface area contributed by atoms with Crippen LogP contribution in [0.5, 0.6) is 5.75 Å². The number of nitriles is 1. The quantitative estimate of drug-likeness (QED) is 0.671. The Morgan fingerprint density at radius 3 is 2.59 bits per heavy atom. The lowest BCUT2D eigenvalue weighted by Crippen LogP contribution is -2.14. The summed E-state index contributed by atoms with van der Waals surface area (Å²) in [5.41, 5.74) is 3.11. The van der Waals surface area contributed by atoms with E-state index in [1.54, 1.807) is 19.2 Å². The third-order valence-electron chi connectivity index (χ3n) is 4.74. The molecule has 1 N–H and O–H groups in total. The molecule has 0 bridgehead atoms. The number of carbonyl (C=O) groups excluding carboxylic acids is 1.